The van der Waals surface area contributed by atoms with E-state index >= 15 is 0 Å². The van der Waals surface area contributed by atoms with E-state index in [0.29, 0.717) is 0 Å². The first-order valence-electron chi connectivity index (χ1n) is 8.79. The van der Waals surface area contributed by atoms with E-state index in [1.807, 2.05) is 42.6 Å². The summed E-state index contributed by atoms with van der Waals surface area (Å²) in [6, 6.07) is 18.7. The van der Waals surface area contributed by atoms with Gasteiger partial charge in [-0.05, 0) is 56.5 Å². The molecule has 130 valence electrons. The molecule has 0 saturated heterocycles. The molecule has 0 aliphatic rings. The van der Waals surface area contributed by atoms with Crippen LogP contribution in [0.3, 0.4) is 0 Å². The van der Waals surface area contributed by atoms with E-state index < -0.39 is 0 Å². The molecule has 0 spiro atoms. The van der Waals surface area contributed by atoms with Crippen molar-refractivity contribution in [1.29, 1.82) is 0 Å². The van der Waals surface area contributed by atoms with Crippen molar-refractivity contribution in [2.75, 3.05) is 5.32 Å². The third-order valence-corrected chi connectivity index (χ3v) is 4.73. The molecule has 0 bridgehead atoms. The molecule has 4 nitrogen and oxygen atoms in total. The maximum Gasteiger partial charge on any atom is 0.165 e. The third-order valence-electron chi connectivity index (χ3n) is 4.73. The molecule has 2 aromatic carbocycles. The van der Waals surface area contributed by atoms with Crippen molar-refractivity contribution in [3.05, 3.63) is 77.1 Å². The number of hydrogen-bond donors (Lipinski definition) is 1. The van der Waals surface area contributed by atoms with Gasteiger partial charge in [0, 0.05) is 23.0 Å². The van der Waals surface area contributed by atoms with Crippen LogP contribution in [0.4, 0.5) is 11.5 Å². The van der Waals surface area contributed by atoms with Crippen molar-refractivity contribution < 1.29 is 0 Å². The van der Waals surface area contributed by atoms with Crippen LogP contribution in [0.5, 0.6) is 0 Å². The summed E-state index contributed by atoms with van der Waals surface area (Å²) in [4.78, 5) is 4.77. The first-order chi connectivity index (χ1) is 12.5. The maximum absolute atomic E-state index is 4.77. The van der Waals surface area contributed by atoms with E-state index in [1.165, 1.54) is 11.1 Å². The molecule has 0 fully saturated rings. The normalized spacial score (nSPS) is 11.1. The molecule has 4 aromatic rings. The summed E-state index contributed by atoms with van der Waals surface area (Å²) in [6.07, 6.45) is 0. The Labute approximate surface area is 153 Å². The molecule has 0 saturated carbocycles. The second-order valence-corrected chi connectivity index (χ2v) is 6.77. The second kappa shape index (κ2) is 6.30. The summed E-state index contributed by atoms with van der Waals surface area (Å²) >= 11 is 0. The van der Waals surface area contributed by atoms with Crippen LogP contribution in [-0.2, 0) is 0 Å². The lowest BCUT2D eigenvalue weighted by atomic mass is 10.1. The van der Waals surface area contributed by atoms with Gasteiger partial charge in [-0.3, -0.25) is 0 Å². The fraction of sp³-hybridized carbons (Fsp3) is 0.182. The zero-order valence-corrected chi connectivity index (χ0v) is 15.5. The molecular formula is C22H22N4. The van der Waals surface area contributed by atoms with Crippen molar-refractivity contribution in [3.8, 4) is 11.1 Å². The standard InChI is InChI=1S/C22H22N4/c1-14-10-11-19(12-15(14)2)24-20-13-16(3)23-22-21(17(4)25-26(20)22)18-8-6-5-7-9-18/h5-13,24H,1-4H3. The predicted molar refractivity (Wildman–Crippen MR) is 107 cm³/mol. The fourth-order valence-corrected chi connectivity index (χ4v) is 3.24. The summed E-state index contributed by atoms with van der Waals surface area (Å²) in [5.41, 5.74) is 8.62. The van der Waals surface area contributed by atoms with Crippen LogP contribution in [0.2, 0.25) is 0 Å². The number of hydrogen-bond acceptors (Lipinski definition) is 3. The zero-order valence-electron chi connectivity index (χ0n) is 15.5. The number of benzene rings is 2. The molecule has 2 heterocycles. The van der Waals surface area contributed by atoms with Gasteiger partial charge in [0.05, 0.1) is 5.69 Å². The minimum Gasteiger partial charge on any atom is -0.340 e. The molecular weight excluding hydrogens is 320 g/mol. The van der Waals surface area contributed by atoms with Gasteiger partial charge in [-0.25, -0.2) is 4.98 Å². The van der Waals surface area contributed by atoms with Gasteiger partial charge < -0.3 is 5.32 Å². The molecule has 1 N–H and O–H groups in total. The van der Waals surface area contributed by atoms with Gasteiger partial charge in [-0.2, -0.15) is 9.61 Å². The van der Waals surface area contributed by atoms with E-state index in [-0.39, 0.29) is 0 Å². The lowest BCUT2D eigenvalue weighted by molar-refractivity contribution is 0.917. The summed E-state index contributed by atoms with van der Waals surface area (Å²) in [7, 11) is 0. The number of nitrogens with one attached hydrogen (secondary N) is 1. The van der Waals surface area contributed by atoms with Gasteiger partial charge in [0.25, 0.3) is 0 Å². The molecule has 2 aromatic heterocycles. The highest BCUT2D eigenvalue weighted by Gasteiger charge is 2.16. The van der Waals surface area contributed by atoms with Gasteiger partial charge in [-0.15, -0.1) is 0 Å². The van der Waals surface area contributed by atoms with Gasteiger partial charge in [-0.1, -0.05) is 36.4 Å². The van der Waals surface area contributed by atoms with E-state index in [1.54, 1.807) is 0 Å². The van der Waals surface area contributed by atoms with E-state index in [2.05, 4.69) is 49.5 Å². The Balaban J connectivity index is 1.87. The smallest absolute Gasteiger partial charge is 0.165 e. The molecule has 4 heteroatoms. The average molecular weight is 342 g/mol. The number of aromatic nitrogens is 3. The summed E-state index contributed by atoms with van der Waals surface area (Å²) < 4.78 is 1.90. The quantitative estimate of drug-likeness (QED) is 0.544. The van der Waals surface area contributed by atoms with E-state index in [0.717, 1.165) is 39.7 Å². The highest BCUT2D eigenvalue weighted by Crippen LogP contribution is 2.30. The van der Waals surface area contributed by atoms with Gasteiger partial charge in [0.1, 0.15) is 5.82 Å². The van der Waals surface area contributed by atoms with Crippen LogP contribution in [0.1, 0.15) is 22.5 Å². The second-order valence-electron chi connectivity index (χ2n) is 6.77. The molecule has 26 heavy (non-hydrogen) atoms. The fourth-order valence-electron chi connectivity index (χ4n) is 3.24. The van der Waals surface area contributed by atoms with E-state index in [4.69, 9.17) is 10.1 Å². The van der Waals surface area contributed by atoms with Gasteiger partial charge in [0.2, 0.25) is 0 Å². The van der Waals surface area contributed by atoms with Gasteiger partial charge >= 0.3 is 0 Å². The topological polar surface area (TPSA) is 42.2 Å². The Hall–Kier alpha value is -3.14. The molecule has 0 aliphatic heterocycles. The molecule has 0 radical (unpaired) electrons. The molecule has 0 atom stereocenters. The van der Waals surface area contributed by atoms with Crippen molar-refractivity contribution in [2.45, 2.75) is 27.7 Å². The number of rotatable bonds is 3. The van der Waals surface area contributed by atoms with Crippen molar-refractivity contribution in [2.24, 2.45) is 0 Å². The van der Waals surface area contributed by atoms with Crippen LogP contribution in [-0.4, -0.2) is 14.6 Å². The Morgan fingerprint density at radius 3 is 2.35 bits per heavy atom. The van der Waals surface area contributed by atoms with E-state index in [9.17, 15) is 0 Å². The Morgan fingerprint density at radius 1 is 0.846 bits per heavy atom. The summed E-state index contributed by atoms with van der Waals surface area (Å²) in [6.45, 7) is 8.30. The SMILES string of the molecule is Cc1cc(Nc2ccc(C)c(C)c2)n2nc(C)c(-c3ccccc3)c2n1. The Morgan fingerprint density at radius 2 is 1.62 bits per heavy atom. The molecule has 0 unspecified atom stereocenters. The largest absolute Gasteiger partial charge is 0.340 e. The van der Waals surface area contributed by atoms with Crippen LogP contribution in [0.25, 0.3) is 16.8 Å². The lowest BCUT2D eigenvalue weighted by Crippen LogP contribution is -2.03. The van der Waals surface area contributed by atoms with Gasteiger partial charge in [0.15, 0.2) is 5.65 Å². The highest BCUT2D eigenvalue weighted by atomic mass is 15.3. The van der Waals surface area contributed by atoms with Crippen LogP contribution < -0.4 is 5.32 Å². The van der Waals surface area contributed by atoms with Crippen molar-refractivity contribution in [3.63, 3.8) is 0 Å². The van der Waals surface area contributed by atoms with Crippen molar-refractivity contribution in [1.82, 2.24) is 14.6 Å². The predicted octanol–water partition coefficient (Wildman–Crippen LogP) is 5.37. The van der Waals surface area contributed by atoms with Crippen LogP contribution in [0.15, 0.2) is 54.6 Å². The first-order valence-corrected chi connectivity index (χ1v) is 8.79. The highest BCUT2D eigenvalue weighted by molar-refractivity contribution is 5.81. The number of aryl methyl sites for hydroxylation is 4. The number of nitrogens with zero attached hydrogens (tertiary/aromatic N) is 3. The minimum absolute atomic E-state index is 0.875. The summed E-state index contributed by atoms with van der Waals surface area (Å²) in [5.74, 6) is 0.918. The zero-order chi connectivity index (χ0) is 18.3. The Bertz CT molecular complexity index is 1090. The Kier molecular flexibility index (Phi) is 3.96. The van der Waals surface area contributed by atoms with Crippen LogP contribution in [0, 0.1) is 27.7 Å². The number of anilines is 2. The molecule has 0 amide bonds. The maximum atomic E-state index is 4.77. The average Bonchev–Trinajstić information content (AvgIpc) is 2.95. The third kappa shape index (κ3) is 2.84. The van der Waals surface area contributed by atoms with Crippen LogP contribution >= 0.6 is 0 Å². The molecule has 0 aliphatic carbocycles. The summed E-state index contributed by atoms with van der Waals surface area (Å²) in [5, 5.41) is 8.27. The first kappa shape index (κ1) is 16.3. The minimum atomic E-state index is 0.875. The lowest BCUT2D eigenvalue weighted by Gasteiger charge is -2.11. The van der Waals surface area contributed by atoms with Crippen molar-refractivity contribution >= 4 is 17.2 Å². The molecule has 4 rings (SSSR count). The number of fused-ring (bicyclic) bond motifs is 1. The monoisotopic (exact) mass is 342 g/mol.